The molecular formula is C7H12BN3. The first kappa shape index (κ1) is 8.33. The predicted octanol–water partition coefficient (Wildman–Crippen LogP) is -0.725. The van der Waals surface area contributed by atoms with Crippen LogP contribution in [-0.2, 0) is 13.6 Å². The van der Waals surface area contributed by atoms with Gasteiger partial charge in [-0.25, -0.2) is 0 Å². The van der Waals surface area contributed by atoms with Crippen molar-refractivity contribution in [1.82, 2.24) is 14.5 Å². The van der Waals surface area contributed by atoms with Gasteiger partial charge in [0, 0.05) is 25.5 Å². The molecule has 0 spiro atoms. The van der Waals surface area contributed by atoms with Gasteiger partial charge in [0.05, 0.1) is 5.69 Å². The van der Waals surface area contributed by atoms with Crippen molar-refractivity contribution < 1.29 is 0 Å². The number of hydrogen-bond acceptors (Lipinski definition) is 2. The molecule has 11 heavy (non-hydrogen) atoms. The average molecular weight is 149 g/mol. The van der Waals surface area contributed by atoms with Crippen LogP contribution >= 0.6 is 0 Å². The maximum Gasteiger partial charge on any atom is 0.167 e. The Kier molecular flexibility index (Phi) is 2.34. The first-order valence-electron chi connectivity index (χ1n) is 3.52. The fraction of sp³-hybridized carbons (Fsp3) is 0.571. The summed E-state index contributed by atoms with van der Waals surface area (Å²) in [7, 11) is 11.5. The van der Waals surface area contributed by atoms with E-state index in [0.29, 0.717) is 5.72 Å². The summed E-state index contributed by atoms with van der Waals surface area (Å²) < 4.78 is 1.89. The van der Waals surface area contributed by atoms with Crippen LogP contribution in [0.15, 0.2) is 6.20 Å². The summed E-state index contributed by atoms with van der Waals surface area (Å²) in [4.78, 5) is 6.06. The topological polar surface area (TPSA) is 21.1 Å². The second-order valence-corrected chi connectivity index (χ2v) is 2.90. The molecule has 2 radical (unpaired) electrons. The molecule has 0 aliphatic carbocycles. The third-order valence-electron chi connectivity index (χ3n) is 1.60. The molecule has 58 valence electrons. The molecule has 0 atom stereocenters. The Labute approximate surface area is 68.4 Å². The van der Waals surface area contributed by atoms with E-state index in [1.54, 1.807) is 6.20 Å². The largest absolute Gasteiger partial charge is 0.343 e. The van der Waals surface area contributed by atoms with Gasteiger partial charge in [0.25, 0.3) is 0 Å². The predicted molar refractivity (Wildman–Crippen MR) is 46.0 cm³/mol. The summed E-state index contributed by atoms with van der Waals surface area (Å²) in [5.41, 5.74) is 1.70. The van der Waals surface area contributed by atoms with Crippen molar-refractivity contribution in [3.8, 4) is 0 Å². The highest BCUT2D eigenvalue weighted by Crippen LogP contribution is 1.96. The van der Waals surface area contributed by atoms with E-state index in [4.69, 9.17) is 7.85 Å². The van der Waals surface area contributed by atoms with Crippen LogP contribution in [-0.4, -0.2) is 36.4 Å². The van der Waals surface area contributed by atoms with E-state index in [0.717, 1.165) is 12.2 Å². The molecule has 0 amide bonds. The van der Waals surface area contributed by atoms with Gasteiger partial charge < -0.3 is 9.47 Å². The van der Waals surface area contributed by atoms with Crippen molar-refractivity contribution in [2.45, 2.75) is 6.54 Å². The van der Waals surface area contributed by atoms with Gasteiger partial charge in [0.1, 0.15) is 0 Å². The average Bonchev–Trinajstić information content (AvgIpc) is 2.18. The van der Waals surface area contributed by atoms with Crippen LogP contribution in [0.3, 0.4) is 0 Å². The number of hydrogen-bond donors (Lipinski definition) is 0. The molecule has 0 bridgehead atoms. The molecule has 0 fully saturated rings. The minimum absolute atomic E-state index is 0.571. The molecule has 4 heteroatoms. The lowest BCUT2D eigenvalue weighted by atomic mass is 10.1. The van der Waals surface area contributed by atoms with E-state index in [2.05, 4.69) is 9.88 Å². The Bertz CT molecular complexity index is 242. The normalized spacial score (nSPS) is 10.9. The van der Waals surface area contributed by atoms with E-state index in [-0.39, 0.29) is 0 Å². The minimum Gasteiger partial charge on any atom is -0.343 e. The molecule has 0 saturated carbocycles. The third-order valence-corrected chi connectivity index (χ3v) is 1.60. The van der Waals surface area contributed by atoms with Gasteiger partial charge in [-0.1, -0.05) is 0 Å². The summed E-state index contributed by atoms with van der Waals surface area (Å²) in [6, 6.07) is 0. The Morgan fingerprint density at radius 1 is 1.64 bits per heavy atom. The molecule has 1 heterocycles. The monoisotopic (exact) mass is 149 g/mol. The third kappa shape index (κ3) is 1.83. The molecule has 3 nitrogen and oxygen atoms in total. The van der Waals surface area contributed by atoms with Gasteiger partial charge in [-0.05, 0) is 14.1 Å². The molecule has 0 aliphatic heterocycles. The first-order chi connectivity index (χ1) is 5.11. The standard InChI is InChI=1S/C7H12BN3/c1-10(2)5-6-4-9-7(8)11(6)3/h4H,5H2,1-3H3. The SMILES string of the molecule is [B]c1ncc(CN(C)C)n1C. The van der Waals surface area contributed by atoms with Gasteiger partial charge in [0.2, 0.25) is 0 Å². The second-order valence-electron chi connectivity index (χ2n) is 2.90. The van der Waals surface area contributed by atoms with Crippen LogP contribution in [0.5, 0.6) is 0 Å². The van der Waals surface area contributed by atoms with Crippen LogP contribution < -0.4 is 5.72 Å². The second kappa shape index (κ2) is 3.09. The molecule has 1 aromatic heterocycles. The molecule has 0 aromatic carbocycles. The lowest BCUT2D eigenvalue weighted by Gasteiger charge is -2.09. The van der Waals surface area contributed by atoms with Crippen LogP contribution in [0.2, 0.25) is 0 Å². The van der Waals surface area contributed by atoms with E-state index >= 15 is 0 Å². The van der Waals surface area contributed by atoms with E-state index in [1.807, 2.05) is 25.7 Å². The molecule has 1 rings (SSSR count). The zero-order valence-electron chi connectivity index (χ0n) is 7.20. The fourth-order valence-electron chi connectivity index (χ4n) is 0.932. The van der Waals surface area contributed by atoms with Crippen molar-refractivity contribution in [3.63, 3.8) is 0 Å². The lowest BCUT2D eigenvalue weighted by molar-refractivity contribution is 0.391. The molecule has 1 aromatic rings. The summed E-state index contributed by atoms with van der Waals surface area (Å²) in [6.07, 6.45) is 1.80. The minimum atomic E-state index is 0.571. The van der Waals surface area contributed by atoms with Crippen molar-refractivity contribution in [2.24, 2.45) is 7.05 Å². The van der Waals surface area contributed by atoms with Crippen molar-refractivity contribution >= 4 is 13.6 Å². The molecular weight excluding hydrogens is 137 g/mol. The Morgan fingerprint density at radius 2 is 2.27 bits per heavy atom. The van der Waals surface area contributed by atoms with Gasteiger partial charge in [-0.2, -0.15) is 0 Å². The van der Waals surface area contributed by atoms with E-state index < -0.39 is 0 Å². The van der Waals surface area contributed by atoms with Crippen LogP contribution in [0.4, 0.5) is 0 Å². The van der Waals surface area contributed by atoms with Gasteiger partial charge in [-0.3, -0.25) is 4.98 Å². The fourth-order valence-corrected chi connectivity index (χ4v) is 0.932. The summed E-state index contributed by atoms with van der Waals surface area (Å²) >= 11 is 0. The molecule has 0 unspecified atom stereocenters. The van der Waals surface area contributed by atoms with Crippen LogP contribution in [0.1, 0.15) is 5.69 Å². The van der Waals surface area contributed by atoms with Gasteiger partial charge in [0.15, 0.2) is 7.85 Å². The smallest absolute Gasteiger partial charge is 0.167 e. The van der Waals surface area contributed by atoms with Gasteiger partial charge >= 0.3 is 0 Å². The molecule has 0 aliphatic rings. The highest BCUT2D eigenvalue weighted by atomic mass is 15.1. The molecule has 0 saturated heterocycles. The number of rotatable bonds is 2. The highest BCUT2D eigenvalue weighted by Gasteiger charge is 2.01. The van der Waals surface area contributed by atoms with Crippen LogP contribution in [0.25, 0.3) is 0 Å². The zero-order valence-corrected chi connectivity index (χ0v) is 7.20. The van der Waals surface area contributed by atoms with Gasteiger partial charge in [-0.15, -0.1) is 0 Å². The Balaban J connectivity index is 2.79. The molecule has 0 N–H and O–H groups in total. The van der Waals surface area contributed by atoms with E-state index in [9.17, 15) is 0 Å². The van der Waals surface area contributed by atoms with E-state index in [1.165, 1.54) is 0 Å². The summed E-state index contributed by atoms with van der Waals surface area (Å²) in [5.74, 6) is 0. The number of imidazole rings is 1. The van der Waals surface area contributed by atoms with Crippen molar-refractivity contribution in [3.05, 3.63) is 11.9 Å². The maximum absolute atomic E-state index is 5.55. The van der Waals surface area contributed by atoms with Crippen molar-refractivity contribution in [2.75, 3.05) is 14.1 Å². The zero-order chi connectivity index (χ0) is 8.43. The number of nitrogens with zero attached hydrogens (tertiary/aromatic N) is 3. The summed E-state index contributed by atoms with van der Waals surface area (Å²) in [5, 5.41) is 0. The number of aromatic nitrogens is 2. The maximum atomic E-state index is 5.55. The first-order valence-corrected chi connectivity index (χ1v) is 3.52. The van der Waals surface area contributed by atoms with Crippen LogP contribution in [0, 0.1) is 0 Å². The lowest BCUT2D eigenvalue weighted by Crippen LogP contribution is -2.20. The summed E-state index contributed by atoms with van der Waals surface area (Å²) in [6.45, 7) is 0.876. The quantitative estimate of drug-likeness (QED) is 0.517. The highest BCUT2D eigenvalue weighted by molar-refractivity contribution is 6.29. The Morgan fingerprint density at radius 3 is 2.64 bits per heavy atom. The Hall–Kier alpha value is -0.765. The van der Waals surface area contributed by atoms with Crippen molar-refractivity contribution in [1.29, 1.82) is 0 Å².